The van der Waals surface area contributed by atoms with Crippen LogP contribution in [0.15, 0.2) is 24.3 Å². The summed E-state index contributed by atoms with van der Waals surface area (Å²) in [4.78, 5) is 16.5. The average Bonchev–Trinajstić information content (AvgIpc) is 2.36. The van der Waals surface area contributed by atoms with Crippen molar-refractivity contribution in [3.05, 3.63) is 35.6 Å². The Hall–Kier alpha value is -1.26. The normalized spacial score (nSPS) is 17.0. The molecule has 3 nitrogen and oxygen atoms in total. The second-order valence-electron chi connectivity index (χ2n) is 6.49. The maximum atomic E-state index is 12.8. The predicted octanol–water partition coefficient (Wildman–Crippen LogP) is 2.35. The zero-order valence-corrected chi connectivity index (χ0v) is 13.2. The van der Waals surface area contributed by atoms with E-state index in [0.717, 1.165) is 12.1 Å². The van der Waals surface area contributed by atoms with Gasteiger partial charge in [-0.05, 0) is 58.1 Å². The number of hydrogen-bond acceptors (Lipinski definition) is 3. The largest absolute Gasteiger partial charge is 0.302 e. The lowest BCUT2D eigenvalue weighted by Crippen LogP contribution is -2.57. The number of carbonyl (C=O) groups is 1. The molecule has 21 heavy (non-hydrogen) atoms. The molecular formula is C17H25FN2O. The molecule has 0 atom stereocenters. The molecule has 0 spiro atoms. The van der Waals surface area contributed by atoms with Crippen LogP contribution in [-0.2, 0) is 11.2 Å². The SMILES string of the molecule is CN(CC(=O)Cc1ccc(F)cc1)CC1(N(C)C)CCC1. The second kappa shape index (κ2) is 6.67. The fourth-order valence-electron chi connectivity index (χ4n) is 3.08. The number of likely N-dealkylation sites (N-methyl/N-ethyl adjacent to an activating group) is 2. The van der Waals surface area contributed by atoms with E-state index in [4.69, 9.17) is 0 Å². The fraction of sp³-hybridized carbons (Fsp3) is 0.588. The van der Waals surface area contributed by atoms with Crippen molar-refractivity contribution in [2.45, 2.75) is 31.2 Å². The third kappa shape index (κ3) is 4.11. The van der Waals surface area contributed by atoms with Crippen LogP contribution in [0.5, 0.6) is 0 Å². The Bertz CT molecular complexity index is 480. The lowest BCUT2D eigenvalue weighted by atomic mass is 9.75. The first-order valence-electron chi connectivity index (χ1n) is 7.53. The molecule has 0 aliphatic heterocycles. The monoisotopic (exact) mass is 292 g/mol. The number of ketones is 1. The number of rotatable bonds is 7. The van der Waals surface area contributed by atoms with E-state index in [1.165, 1.54) is 31.4 Å². The van der Waals surface area contributed by atoms with Gasteiger partial charge in [0.1, 0.15) is 5.82 Å². The van der Waals surface area contributed by atoms with Gasteiger partial charge in [0.25, 0.3) is 0 Å². The Balaban J connectivity index is 1.83. The molecule has 0 N–H and O–H groups in total. The lowest BCUT2D eigenvalue weighted by molar-refractivity contribution is -0.119. The third-order valence-electron chi connectivity index (χ3n) is 4.56. The highest BCUT2D eigenvalue weighted by Gasteiger charge is 2.39. The van der Waals surface area contributed by atoms with Gasteiger partial charge < -0.3 is 4.90 Å². The van der Waals surface area contributed by atoms with Crippen LogP contribution < -0.4 is 0 Å². The van der Waals surface area contributed by atoms with Crippen molar-refractivity contribution >= 4 is 5.78 Å². The van der Waals surface area contributed by atoms with E-state index in [-0.39, 0.29) is 17.1 Å². The van der Waals surface area contributed by atoms with Gasteiger partial charge in [0.05, 0.1) is 6.54 Å². The first-order chi connectivity index (χ1) is 9.91. The van der Waals surface area contributed by atoms with E-state index in [2.05, 4.69) is 23.9 Å². The molecule has 1 aromatic rings. The summed E-state index contributed by atoms with van der Waals surface area (Å²) in [6, 6.07) is 6.17. The van der Waals surface area contributed by atoms with E-state index in [1.54, 1.807) is 12.1 Å². The zero-order chi connectivity index (χ0) is 15.5. The van der Waals surface area contributed by atoms with Crippen molar-refractivity contribution < 1.29 is 9.18 Å². The molecule has 0 unspecified atom stereocenters. The van der Waals surface area contributed by atoms with Crippen molar-refractivity contribution in [3.8, 4) is 0 Å². The van der Waals surface area contributed by atoms with Gasteiger partial charge in [-0.25, -0.2) is 4.39 Å². The standard InChI is InChI=1S/C17H25FN2O/c1-19(2)17(9-4-10-17)13-20(3)12-16(21)11-14-5-7-15(18)8-6-14/h5-8H,4,9-13H2,1-3H3. The second-order valence-corrected chi connectivity index (χ2v) is 6.49. The Morgan fingerprint density at radius 2 is 1.81 bits per heavy atom. The maximum absolute atomic E-state index is 12.8. The molecule has 0 amide bonds. The van der Waals surface area contributed by atoms with Crippen LogP contribution in [0.2, 0.25) is 0 Å². The summed E-state index contributed by atoms with van der Waals surface area (Å²) < 4.78 is 12.8. The smallest absolute Gasteiger partial charge is 0.151 e. The van der Waals surface area contributed by atoms with Gasteiger partial charge in [-0.1, -0.05) is 12.1 Å². The first-order valence-corrected chi connectivity index (χ1v) is 7.53. The minimum Gasteiger partial charge on any atom is -0.302 e. The molecule has 0 heterocycles. The van der Waals surface area contributed by atoms with E-state index in [1.807, 2.05) is 7.05 Å². The van der Waals surface area contributed by atoms with Crippen molar-refractivity contribution in [2.75, 3.05) is 34.2 Å². The fourth-order valence-corrected chi connectivity index (χ4v) is 3.08. The zero-order valence-electron chi connectivity index (χ0n) is 13.2. The number of Topliss-reactive ketones (excluding diaryl/α,β-unsaturated/α-hetero) is 1. The molecule has 1 aromatic carbocycles. The van der Waals surface area contributed by atoms with Crippen LogP contribution in [0.4, 0.5) is 4.39 Å². The van der Waals surface area contributed by atoms with Gasteiger partial charge in [0.2, 0.25) is 0 Å². The minimum atomic E-state index is -0.263. The summed E-state index contributed by atoms with van der Waals surface area (Å²) >= 11 is 0. The summed E-state index contributed by atoms with van der Waals surface area (Å²) in [6.45, 7) is 1.38. The number of carbonyl (C=O) groups excluding carboxylic acids is 1. The van der Waals surface area contributed by atoms with Gasteiger partial charge in [0, 0.05) is 18.5 Å². The quantitative estimate of drug-likeness (QED) is 0.771. The molecule has 2 rings (SSSR count). The molecule has 116 valence electrons. The first kappa shape index (κ1) is 16.1. The van der Waals surface area contributed by atoms with Gasteiger partial charge >= 0.3 is 0 Å². The minimum absolute atomic E-state index is 0.178. The van der Waals surface area contributed by atoms with E-state index < -0.39 is 0 Å². The number of halogens is 1. The summed E-state index contributed by atoms with van der Waals surface area (Å²) in [6.07, 6.45) is 4.06. The van der Waals surface area contributed by atoms with Crippen molar-refractivity contribution in [1.29, 1.82) is 0 Å². The maximum Gasteiger partial charge on any atom is 0.151 e. The Kier molecular flexibility index (Phi) is 5.12. The van der Waals surface area contributed by atoms with E-state index >= 15 is 0 Å². The number of hydrogen-bond donors (Lipinski definition) is 0. The van der Waals surface area contributed by atoms with Crippen molar-refractivity contribution in [3.63, 3.8) is 0 Å². The summed E-state index contributed by atoms with van der Waals surface area (Å²) in [5.41, 5.74) is 1.12. The summed E-state index contributed by atoms with van der Waals surface area (Å²) in [7, 11) is 6.24. The topological polar surface area (TPSA) is 23.6 Å². The molecule has 4 heteroatoms. The molecule has 0 saturated heterocycles. The van der Waals surface area contributed by atoms with E-state index in [0.29, 0.717) is 13.0 Å². The Morgan fingerprint density at radius 3 is 2.29 bits per heavy atom. The van der Waals surface area contributed by atoms with Crippen LogP contribution in [0.25, 0.3) is 0 Å². The highest BCUT2D eigenvalue weighted by atomic mass is 19.1. The van der Waals surface area contributed by atoms with Crippen LogP contribution in [0.1, 0.15) is 24.8 Å². The Morgan fingerprint density at radius 1 is 1.19 bits per heavy atom. The summed E-state index contributed by atoms with van der Waals surface area (Å²) in [5, 5.41) is 0. The van der Waals surface area contributed by atoms with Gasteiger partial charge in [-0.2, -0.15) is 0 Å². The molecule has 1 saturated carbocycles. The average molecular weight is 292 g/mol. The lowest BCUT2D eigenvalue weighted by Gasteiger charge is -2.49. The van der Waals surface area contributed by atoms with Crippen LogP contribution in [0.3, 0.4) is 0 Å². The van der Waals surface area contributed by atoms with Gasteiger partial charge in [-0.3, -0.25) is 9.69 Å². The number of benzene rings is 1. The highest BCUT2D eigenvalue weighted by Crippen LogP contribution is 2.36. The highest BCUT2D eigenvalue weighted by molar-refractivity contribution is 5.82. The van der Waals surface area contributed by atoms with Crippen molar-refractivity contribution in [2.24, 2.45) is 0 Å². The van der Waals surface area contributed by atoms with Gasteiger partial charge in [0.15, 0.2) is 5.78 Å². The van der Waals surface area contributed by atoms with Crippen LogP contribution in [0, 0.1) is 5.82 Å². The molecule has 1 aliphatic carbocycles. The number of nitrogens with zero attached hydrogens (tertiary/aromatic N) is 2. The van der Waals surface area contributed by atoms with Crippen molar-refractivity contribution in [1.82, 2.24) is 9.80 Å². The van der Waals surface area contributed by atoms with Gasteiger partial charge in [-0.15, -0.1) is 0 Å². The molecule has 1 aliphatic rings. The third-order valence-corrected chi connectivity index (χ3v) is 4.56. The predicted molar refractivity (Wildman–Crippen MR) is 82.9 cm³/mol. The van der Waals surface area contributed by atoms with E-state index in [9.17, 15) is 9.18 Å². The van der Waals surface area contributed by atoms with Crippen LogP contribution >= 0.6 is 0 Å². The molecule has 0 aromatic heterocycles. The Labute approximate surface area is 126 Å². The molecule has 0 radical (unpaired) electrons. The van der Waals surface area contributed by atoms with Crippen LogP contribution in [-0.4, -0.2) is 55.4 Å². The molecular weight excluding hydrogens is 267 g/mol. The molecule has 1 fully saturated rings. The molecule has 0 bridgehead atoms. The summed E-state index contributed by atoms with van der Waals surface area (Å²) in [5.74, 6) is -0.0847.